The van der Waals surface area contributed by atoms with Crippen LogP contribution in [0.3, 0.4) is 0 Å². The van der Waals surface area contributed by atoms with Gasteiger partial charge in [0.25, 0.3) is 0 Å². The molecule has 0 fully saturated rings. The fourth-order valence-electron chi connectivity index (χ4n) is 3.10. The van der Waals surface area contributed by atoms with Crippen molar-refractivity contribution >= 4 is 68.5 Å². The molecule has 32 heavy (non-hydrogen) atoms. The fourth-order valence-corrected chi connectivity index (χ4v) is 4.68. The van der Waals surface area contributed by atoms with Crippen molar-refractivity contribution in [3.05, 3.63) is 96.6 Å². The molecule has 0 atom stereocenters. The molecule has 0 aliphatic heterocycles. The Morgan fingerprint density at radius 3 is 2.06 bits per heavy atom. The summed E-state index contributed by atoms with van der Waals surface area (Å²) in [7, 11) is 0. The molecule has 0 heterocycles. The third-order valence-corrected chi connectivity index (χ3v) is 7.00. The molecule has 0 aromatic heterocycles. The van der Waals surface area contributed by atoms with Gasteiger partial charge in [0.05, 0.1) is 6.61 Å². The Morgan fingerprint density at radius 1 is 0.938 bits per heavy atom. The average Bonchev–Trinajstić information content (AvgIpc) is 2.78. The standard InChI is InChI=1S/C26H24I2O3S/c1-3-30-26(29)17-31-25-13-12-23(16-18(25)2)32-15-14-24(19-4-8-21(27)9-5-19)20-6-10-22(28)11-7-20/h4-14,16H,3,15,17H2,1-2H3. The van der Waals surface area contributed by atoms with Crippen molar-refractivity contribution in [3.8, 4) is 5.75 Å². The van der Waals surface area contributed by atoms with Gasteiger partial charge in [0.15, 0.2) is 6.61 Å². The quantitative estimate of drug-likeness (QED) is 0.135. The van der Waals surface area contributed by atoms with Crippen LogP contribution in [0, 0.1) is 14.1 Å². The van der Waals surface area contributed by atoms with E-state index in [0.717, 1.165) is 16.2 Å². The van der Waals surface area contributed by atoms with E-state index < -0.39 is 0 Å². The molecule has 0 aliphatic rings. The molecule has 0 bridgehead atoms. The maximum absolute atomic E-state index is 11.5. The molecule has 3 rings (SSSR count). The van der Waals surface area contributed by atoms with Crippen molar-refractivity contribution in [2.24, 2.45) is 0 Å². The van der Waals surface area contributed by atoms with Gasteiger partial charge in [0.2, 0.25) is 0 Å². The van der Waals surface area contributed by atoms with Crippen LogP contribution in [0.2, 0.25) is 0 Å². The van der Waals surface area contributed by atoms with Gasteiger partial charge in [-0.1, -0.05) is 30.3 Å². The number of halogens is 2. The van der Waals surface area contributed by atoms with Gasteiger partial charge in [-0.05, 0) is 124 Å². The van der Waals surface area contributed by atoms with Crippen molar-refractivity contribution < 1.29 is 14.3 Å². The number of ether oxygens (including phenoxy) is 2. The third kappa shape index (κ3) is 7.52. The molecule has 3 aromatic carbocycles. The van der Waals surface area contributed by atoms with Gasteiger partial charge in [0.1, 0.15) is 5.75 Å². The minimum Gasteiger partial charge on any atom is -0.482 e. The topological polar surface area (TPSA) is 35.5 Å². The Morgan fingerprint density at radius 2 is 1.53 bits per heavy atom. The largest absolute Gasteiger partial charge is 0.482 e. The monoisotopic (exact) mass is 670 g/mol. The number of aryl methyl sites for hydroxylation is 1. The summed E-state index contributed by atoms with van der Waals surface area (Å²) >= 11 is 6.44. The second-order valence-corrected chi connectivity index (χ2v) is 10.5. The highest BCUT2D eigenvalue weighted by atomic mass is 127. The Balaban J connectivity index is 1.72. The predicted molar refractivity (Wildman–Crippen MR) is 149 cm³/mol. The summed E-state index contributed by atoms with van der Waals surface area (Å²) < 4.78 is 13.0. The molecule has 0 radical (unpaired) electrons. The lowest BCUT2D eigenvalue weighted by atomic mass is 9.98. The average molecular weight is 670 g/mol. The zero-order valence-corrected chi connectivity index (χ0v) is 23.1. The van der Waals surface area contributed by atoms with E-state index in [9.17, 15) is 4.79 Å². The zero-order chi connectivity index (χ0) is 22.9. The SMILES string of the molecule is CCOC(=O)COc1ccc(SCC=C(c2ccc(I)cc2)c2ccc(I)cc2)cc1C. The Kier molecular flexibility index (Phi) is 9.92. The van der Waals surface area contributed by atoms with Gasteiger partial charge in [-0.3, -0.25) is 0 Å². The number of hydrogen-bond acceptors (Lipinski definition) is 4. The molecule has 3 aromatic rings. The van der Waals surface area contributed by atoms with Crippen LogP contribution in [0.5, 0.6) is 5.75 Å². The lowest BCUT2D eigenvalue weighted by Crippen LogP contribution is -2.14. The van der Waals surface area contributed by atoms with Gasteiger partial charge >= 0.3 is 5.97 Å². The molecule has 0 saturated heterocycles. The van der Waals surface area contributed by atoms with Crippen molar-refractivity contribution in [1.82, 2.24) is 0 Å². The first kappa shape index (κ1) is 25.1. The van der Waals surface area contributed by atoms with Gasteiger partial charge < -0.3 is 9.47 Å². The highest BCUT2D eigenvalue weighted by Gasteiger charge is 2.08. The van der Waals surface area contributed by atoms with E-state index in [2.05, 4.69) is 106 Å². The molecule has 3 nitrogen and oxygen atoms in total. The van der Waals surface area contributed by atoms with E-state index in [-0.39, 0.29) is 12.6 Å². The number of rotatable bonds is 9. The second-order valence-electron chi connectivity index (χ2n) is 6.96. The summed E-state index contributed by atoms with van der Waals surface area (Å²) in [5.74, 6) is 1.20. The first-order valence-electron chi connectivity index (χ1n) is 10.2. The van der Waals surface area contributed by atoms with Gasteiger partial charge in [-0.15, -0.1) is 11.8 Å². The minimum absolute atomic E-state index is 0.0701. The number of carbonyl (C=O) groups is 1. The van der Waals surface area contributed by atoms with Crippen LogP contribution < -0.4 is 4.74 Å². The number of thioether (sulfide) groups is 1. The van der Waals surface area contributed by atoms with Crippen LogP contribution in [0.25, 0.3) is 5.57 Å². The molecule has 0 N–H and O–H groups in total. The first-order chi connectivity index (χ1) is 15.5. The van der Waals surface area contributed by atoms with Crippen molar-refractivity contribution in [2.45, 2.75) is 18.7 Å². The number of carbonyl (C=O) groups excluding carboxylic acids is 1. The summed E-state index contributed by atoms with van der Waals surface area (Å²) in [6.45, 7) is 4.06. The Hall–Kier alpha value is -1.52. The first-order valence-corrected chi connectivity index (χ1v) is 13.3. The van der Waals surface area contributed by atoms with Crippen molar-refractivity contribution in [3.63, 3.8) is 0 Å². The van der Waals surface area contributed by atoms with Gasteiger partial charge in [-0.25, -0.2) is 4.79 Å². The fraction of sp³-hybridized carbons (Fsp3) is 0.192. The van der Waals surface area contributed by atoms with Crippen LogP contribution in [-0.4, -0.2) is 24.9 Å². The normalized spacial score (nSPS) is 10.5. The summed E-state index contributed by atoms with van der Waals surface area (Å²) in [6.07, 6.45) is 2.29. The molecular weight excluding hydrogens is 646 g/mol. The van der Waals surface area contributed by atoms with Crippen molar-refractivity contribution in [2.75, 3.05) is 19.0 Å². The Labute approximate surface area is 221 Å². The van der Waals surface area contributed by atoms with E-state index in [1.165, 1.54) is 23.8 Å². The Bertz CT molecular complexity index is 1030. The summed E-state index contributed by atoms with van der Waals surface area (Å²) in [5.41, 5.74) is 4.66. The number of hydrogen-bond donors (Lipinski definition) is 0. The third-order valence-electron chi connectivity index (χ3n) is 4.65. The van der Waals surface area contributed by atoms with E-state index in [4.69, 9.17) is 9.47 Å². The molecule has 0 saturated carbocycles. The van der Waals surface area contributed by atoms with Crippen LogP contribution in [0.1, 0.15) is 23.6 Å². The molecule has 0 spiro atoms. The lowest BCUT2D eigenvalue weighted by molar-refractivity contribution is -0.145. The van der Waals surface area contributed by atoms with E-state index >= 15 is 0 Å². The molecule has 166 valence electrons. The van der Waals surface area contributed by atoms with E-state index in [1.54, 1.807) is 18.7 Å². The maximum atomic E-state index is 11.5. The molecular formula is C26H24I2O3S. The van der Waals surface area contributed by atoms with Crippen LogP contribution in [-0.2, 0) is 9.53 Å². The zero-order valence-electron chi connectivity index (χ0n) is 17.9. The van der Waals surface area contributed by atoms with Gasteiger partial charge in [0, 0.05) is 17.8 Å². The molecule has 0 aliphatic carbocycles. The molecule has 0 amide bonds. The summed E-state index contributed by atoms with van der Waals surface area (Å²) in [6, 6.07) is 23.3. The van der Waals surface area contributed by atoms with E-state index in [1.807, 2.05) is 19.1 Å². The minimum atomic E-state index is -0.353. The predicted octanol–water partition coefficient (Wildman–Crippen LogP) is 7.37. The lowest BCUT2D eigenvalue weighted by Gasteiger charge is -2.11. The van der Waals surface area contributed by atoms with Crippen LogP contribution in [0.4, 0.5) is 0 Å². The number of benzene rings is 3. The van der Waals surface area contributed by atoms with Crippen molar-refractivity contribution in [1.29, 1.82) is 0 Å². The number of esters is 1. The molecule has 0 unspecified atom stereocenters. The summed E-state index contributed by atoms with van der Waals surface area (Å²) in [4.78, 5) is 12.7. The highest BCUT2D eigenvalue weighted by Crippen LogP contribution is 2.29. The maximum Gasteiger partial charge on any atom is 0.344 e. The smallest absolute Gasteiger partial charge is 0.344 e. The highest BCUT2D eigenvalue weighted by molar-refractivity contribution is 14.1. The molecule has 6 heteroatoms. The van der Waals surface area contributed by atoms with Crippen LogP contribution >= 0.6 is 56.9 Å². The summed E-state index contributed by atoms with van der Waals surface area (Å²) in [5, 5.41) is 0. The van der Waals surface area contributed by atoms with Gasteiger partial charge in [-0.2, -0.15) is 0 Å². The van der Waals surface area contributed by atoms with Crippen LogP contribution in [0.15, 0.2) is 77.7 Å². The second kappa shape index (κ2) is 12.6. The van der Waals surface area contributed by atoms with E-state index in [0.29, 0.717) is 12.4 Å².